The molecule has 0 bridgehead atoms. The molecule has 0 amide bonds. The van der Waals surface area contributed by atoms with Crippen molar-refractivity contribution in [2.75, 3.05) is 5.32 Å². The SMILES string of the molecule is CC1CCC(Nc2cc(F)c(F)cc2F)c2ccccc21. The molecule has 0 fully saturated rings. The van der Waals surface area contributed by atoms with Gasteiger partial charge < -0.3 is 5.32 Å². The van der Waals surface area contributed by atoms with Crippen molar-refractivity contribution >= 4 is 5.69 Å². The summed E-state index contributed by atoms with van der Waals surface area (Å²) >= 11 is 0. The van der Waals surface area contributed by atoms with Crippen molar-refractivity contribution in [1.29, 1.82) is 0 Å². The molecular formula is C17H16F3N. The van der Waals surface area contributed by atoms with E-state index in [2.05, 4.69) is 18.3 Å². The van der Waals surface area contributed by atoms with Gasteiger partial charge in [0.05, 0.1) is 11.7 Å². The van der Waals surface area contributed by atoms with Gasteiger partial charge in [0.15, 0.2) is 11.6 Å². The van der Waals surface area contributed by atoms with Crippen molar-refractivity contribution in [3.63, 3.8) is 0 Å². The topological polar surface area (TPSA) is 12.0 Å². The molecule has 21 heavy (non-hydrogen) atoms. The molecule has 1 aliphatic carbocycles. The molecular weight excluding hydrogens is 275 g/mol. The van der Waals surface area contributed by atoms with Gasteiger partial charge in [-0.1, -0.05) is 31.2 Å². The van der Waals surface area contributed by atoms with Gasteiger partial charge in [-0.15, -0.1) is 0 Å². The smallest absolute Gasteiger partial charge is 0.161 e. The van der Waals surface area contributed by atoms with Crippen LogP contribution in [0.4, 0.5) is 18.9 Å². The molecule has 0 saturated heterocycles. The van der Waals surface area contributed by atoms with Gasteiger partial charge in [-0.2, -0.15) is 0 Å². The van der Waals surface area contributed by atoms with Crippen molar-refractivity contribution in [2.24, 2.45) is 0 Å². The Morgan fingerprint density at radius 2 is 1.57 bits per heavy atom. The summed E-state index contributed by atoms with van der Waals surface area (Å²) in [5, 5.41) is 3.01. The lowest BCUT2D eigenvalue weighted by Crippen LogP contribution is -2.19. The Morgan fingerprint density at radius 3 is 2.33 bits per heavy atom. The van der Waals surface area contributed by atoms with Crippen LogP contribution in [0.2, 0.25) is 0 Å². The van der Waals surface area contributed by atoms with E-state index >= 15 is 0 Å². The maximum absolute atomic E-state index is 13.8. The highest BCUT2D eigenvalue weighted by molar-refractivity contribution is 5.49. The second-order valence-electron chi connectivity index (χ2n) is 5.55. The third-order valence-corrected chi connectivity index (χ3v) is 4.13. The Bertz CT molecular complexity index is 669. The van der Waals surface area contributed by atoms with Crippen LogP contribution in [-0.4, -0.2) is 0 Å². The number of nitrogens with one attached hydrogen (secondary N) is 1. The Balaban J connectivity index is 1.93. The highest BCUT2D eigenvalue weighted by atomic mass is 19.2. The zero-order valence-electron chi connectivity index (χ0n) is 11.7. The molecule has 3 rings (SSSR count). The quantitative estimate of drug-likeness (QED) is 0.754. The summed E-state index contributed by atoms with van der Waals surface area (Å²) in [6.07, 6.45) is 1.80. The molecule has 1 nitrogen and oxygen atoms in total. The molecule has 0 spiro atoms. The van der Waals surface area contributed by atoms with Crippen LogP contribution in [0.5, 0.6) is 0 Å². The molecule has 2 atom stereocenters. The van der Waals surface area contributed by atoms with Gasteiger partial charge in [0.2, 0.25) is 0 Å². The summed E-state index contributed by atoms with van der Waals surface area (Å²) in [5.41, 5.74) is 2.33. The van der Waals surface area contributed by atoms with E-state index in [1.165, 1.54) is 5.56 Å². The minimum atomic E-state index is -1.17. The van der Waals surface area contributed by atoms with Crippen LogP contribution >= 0.6 is 0 Å². The summed E-state index contributed by atoms with van der Waals surface area (Å²) in [4.78, 5) is 0. The second-order valence-corrected chi connectivity index (χ2v) is 5.55. The summed E-state index contributed by atoms with van der Waals surface area (Å²) in [7, 11) is 0. The largest absolute Gasteiger partial charge is 0.376 e. The van der Waals surface area contributed by atoms with E-state index in [1.807, 2.05) is 18.2 Å². The van der Waals surface area contributed by atoms with Crippen molar-refractivity contribution in [2.45, 2.75) is 31.7 Å². The molecule has 0 radical (unpaired) electrons. The Morgan fingerprint density at radius 1 is 0.905 bits per heavy atom. The van der Waals surface area contributed by atoms with Crippen molar-refractivity contribution in [3.05, 3.63) is 65.0 Å². The molecule has 0 saturated carbocycles. The number of benzene rings is 2. The normalized spacial score (nSPS) is 21.0. The average molecular weight is 291 g/mol. The van der Waals surface area contributed by atoms with E-state index in [1.54, 1.807) is 0 Å². The van der Waals surface area contributed by atoms with E-state index in [4.69, 9.17) is 0 Å². The molecule has 2 unspecified atom stereocenters. The summed E-state index contributed by atoms with van der Waals surface area (Å²) < 4.78 is 40.0. The number of halogens is 3. The van der Waals surface area contributed by atoms with E-state index in [-0.39, 0.29) is 11.7 Å². The van der Waals surface area contributed by atoms with E-state index in [0.29, 0.717) is 12.0 Å². The third-order valence-electron chi connectivity index (χ3n) is 4.13. The van der Waals surface area contributed by atoms with Crippen LogP contribution in [0.15, 0.2) is 36.4 Å². The summed E-state index contributed by atoms with van der Waals surface area (Å²) in [6.45, 7) is 2.16. The van der Waals surface area contributed by atoms with Gasteiger partial charge in [-0.25, -0.2) is 13.2 Å². The lowest BCUT2D eigenvalue weighted by molar-refractivity contribution is 0.492. The predicted octanol–water partition coefficient (Wildman–Crippen LogP) is 5.15. The van der Waals surface area contributed by atoms with E-state index in [9.17, 15) is 13.2 Å². The number of fused-ring (bicyclic) bond motifs is 1. The Kier molecular flexibility index (Phi) is 3.62. The first-order chi connectivity index (χ1) is 10.1. The second kappa shape index (κ2) is 5.43. The molecule has 1 N–H and O–H groups in total. The number of rotatable bonds is 2. The third kappa shape index (κ3) is 2.62. The Hall–Kier alpha value is -1.97. The first kappa shape index (κ1) is 14.0. The summed E-state index contributed by atoms with van der Waals surface area (Å²) in [5.74, 6) is -2.54. The van der Waals surface area contributed by atoms with Gasteiger partial charge in [0.25, 0.3) is 0 Å². The molecule has 2 aromatic rings. The van der Waals surface area contributed by atoms with E-state index in [0.717, 1.165) is 24.5 Å². The van der Waals surface area contributed by atoms with Crippen molar-refractivity contribution in [3.8, 4) is 0 Å². The van der Waals surface area contributed by atoms with Gasteiger partial charge in [-0.3, -0.25) is 0 Å². The van der Waals surface area contributed by atoms with Crippen LogP contribution < -0.4 is 5.32 Å². The van der Waals surface area contributed by atoms with E-state index < -0.39 is 17.5 Å². The van der Waals surface area contributed by atoms with Gasteiger partial charge >= 0.3 is 0 Å². The van der Waals surface area contributed by atoms with Crippen molar-refractivity contribution < 1.29 is 13.2 Å². The molecule has 2 aromatic carbocycles. The molecule has 0 aliphatic heterocycles. The predicted molar refractivity (Wildman–Crippen MR) is 76.8 cm³/mol. The highest BCUT2D eigenvalue weighted by Crippen LogP contribution is 2.39. The number of hydrogen-bond donors (Lipinski definition) is 1. The maximum atomic E-state index is 13.8. The zero-order chi connectivity index (χ0) is 15.0. The molecule has 0 aromatic heterocycles. The van der Waals surface area contributed by atoms with Crippen LogP contribution in [0.25, 0.3) is 0 Å². The highest BCUT2D eigenvalue weighted by Gasteiger charge is 2.25. The minimum Gasteiger partial charge on any atom is -0.376 e. The first-order valence-electron chi connectivity index (χ1n) is 7.06. The standard InChI is InChI=1S/C17H16F3N/c1-10-6-7-16(12-5-3-2-4-11(10)12)21-17-9-14(19)13(18)8-15(17)20/h2-5,8-10,16,21H,6-7H2,1H3. The lowest BCUT2D eigenvalue weighted by Gasteiger charge is -2.31. The lowest BCUT2D eigenvalue weighted by atomic mass is 9.81. The average Bonchev–Trinajstić information content (AvgIpc) is 2.48. The molecule has 110 valence electrons. The van der Waals surface area contributed by atoms with Gasteiger partial charge in [0.1, 0.15) is 5.82 Å². The fourth-order valence-electron chi connectivity index (χ4n) is 2.98. The fourth-order valence-corrected chi connectivity index (χ4v) is 2.98. The first-order valence-corrected chi connectivity index (χ1v) is 7.06. The minimum absolute atomic E-state index is 0.00301. The zero-order valence-corrected chi connectivity index (χ0v) is 11.7. The fraction of sp³-hybridized carbons (Fsp3) is 0.294. The molecule has 4 heteroatoms. The molecule has 1 aliphatic rings. The van der Waals surface area contributed by atoms with Gasteiger partial charge in [0, 0.05) is 12.1 Å². The van der Waals surface area contributed by atoms with Crippen molar-refractivity contribution in [1.82, 2.24) is 0 Å². The van der Waals surface area contributed by atoms with Crippen LogP contribution in [0.1, 0.15) is 42.9 Å². The number of anilines is 1. The van der Waals surface area contributed by atoms with Crippen LogP contribution in [0.3, 0.4) is 0 Å². The van der Waals surface area contributed by atoms with Crippen LogP contribution in [0, 0.1) is 17.5 Å². The number of hydrogen-bond acceptors (Lipinski definition) is 1. The van der Waals surface area contributed by atoms with Crippen LogP contribution in [-0.2, 0) is 0 Å². The molecule has 0 heterocycles. The summed E-state index contributed by atoms with van der Waals surface area (Å²) in [6, 6.07) is 9.36. The maximum Gasteiger partial charge on any atom is 0.161 e. The monoisotopic (exact) mass is 291 g/mol. The Labute approximate surface area is 121 Å². The van der Waals surface area contributed by atoms with Gasteiger partial charge in [-0.05, 0) is 29.9 Å².